The molecule has 1 aliphatic carbocycles. The average molecular weight is 309 g/mol. The van der Waals surface area contributed by atoms with Gasteiger partial charge in [0, 0.05) is 19.1 Å². The van der Waals surface area contributed by atoms with Crippen molar-refractivity contribution in [1.29, 1.82) is 0 Å². The molecule has 1 amide bonds. The minimum Gasteiger partial charge on any atom is -0.357 e. The smallest absolute Gasteiger partial charge is 0.263 e. The van der Waals surface area contributed by atoms with Crippen molar-refractivity contribution in [1.82, 2.24) is 20.9 Å². The van der Waals surface area contributed by atoms with E-state index in [0.29, 0.717) is 24.0 Å². The molecule has 2 atom stereocenters. The second kappa shape index (κ2) is 7.40. The van der Waals surface area contributed by atoms with Crippen LogP contribution >= 0.6 is 11.3 Å². The Morgan fingerprint density at radius 1 is 1.52 bits per heavy atom. The Labute approximate surface area is 129 Å². The Morgan fingerprint density at radius 2 is 2.29 bits per heavy atom. The summed E-state index contributed by atoms with van der Waals surface area (Å²) in [6.45, 7) is 8.01. The highest BCUT2D eigenvalue weighted by molar-refractivity contribution is 7.11. The summed E-state index contributed by atoms with van der Waals surface area (Å²) in [6.07, 6.45) is 1.20. The third kappa shape index (κ3) is 4.70. The van der Waals surface area contributed by atoms with Crippen LogP contribution in [0.4, 0.5) is 0 Å². The van der Waals surface area contributed by atoms with Crippen molar-refractivity contribution < 1.29 is 4.79 Å². The third-order valence-corrected chi connectivity index (χ3v) is 4.32. The van der Waals surface area contributed by atoms with E-state index in [-0.39, 0.29) is 5.91 Å². The first kappa shape index (κ1) is 15.8. The molecule has 1 aromatic heterocycles. The van der Waals surface area contributed by atoms with Gasteiger partial charge in [0.25, 0.3) is 5.91 Å². The van der Waals surface area contributed by atoms with Crippen molar-refractivity contribution in [3.05, 3.63) is 16.1 Å². The molecule has 1 fully saturated rings. The second-order valence-electron chi connectivity index (χ2n) is 5.25. The highest BCUT2D eigenvalue weighted by atomic mass is 32.1. The number of rotatable bonds is 6. The van der Waals surface area contributed by atoms with E-state index in [0.717, 1.165) is 24.1 Å². The third-order valence-electron chi connectivity index (χ3n) is 3.39. The van der Waals surface area contributed by atoms with Gasteiger partial charge in [0.1, 0.15) is 4.88 Å². The van der Waals surface area contributed by atoms with Crippen molar-refractivity contribution in [3.63, 3.8) is 0 Å². The van der Waals surface area contributed by atoms with Gasteiger partial charge in [0.05, 0.1) is 17.7 Å². The maximum atomic E-state index is 11.9. The topological polar surface area (TPSA) is 78.4 Å². The zero-order valence-corrected chi connectivity index (χ0v) is 13.6. The fraction of sp³-hybridized carbons (Fsp3) is 0.643. The fourth-order valence-electron chi connectivity index (χ4n) is 1.96. The van der Waals surface area contributed by atoms with Crippen LogP contribution in [0.2, 0.25) is 0 Å². The molecule has 6 nitrogen and oxygen atoms in total. The predicted molar refractivity (Wildman–Crippen MR) is 85.9 cm³/mol. The minimum absolute atomic E-state index is 0.0704. The Morgan fingerprint density at radius 3 is 2.86 bits per heavy atom. The van der Waals surface area contributed by atoms with Gasteiger partial charge in [-0.3, -0.25) is 9.79 Å². The number of hydrogen-bond acceptors (Lipinski definition) is 4. The summed E-state index contributed by atoms with van der Waals surface area (Å²) in [5.74, 6) is 1.48. The number of aliphatic imine (C=N–C) groups is 1. The second-order valence-corrected chi connectivity index (χ2v) is 6.10. The van der Waals surface area contributed by atoms with E-state index >= 15 is 0 Å². The lowest BCUT2D eigenvalue weighted by Crippen LogP contribution is -2.39. The van der Waals surface area contributed by atoms with Gasteiger partial charge in [-0.2, -0.15) is 0 Å². The van der Waals surface area contributed by atoms with Crippen LogP contribution in [0.3, 0.4) is 0 Å². The van der Waals surface area contributed by atoms with E-state index in [1.165, 1.54) is 17.8 Å². The summed E-state index contributed by atoms with van der Waals surface area (Å²) < 4.78 is 0. The molecule has 7 heteroatoms. The number of thiazole rings is 1. The van der Waals surface area contributed by atoms with Gasteiger partial charge in [0.2, 0.25) is 0 Å². The first-order valence-electron chi connectivity index (χ1n) is 7.35. The Bertz CT molecular complexity index is 513. The number of nitrogens with one attached hydrogen (secondary N) is 3. The molecule has 1 saturated carbocycles. The van der Waals surface area contributed by atoms with E-state index in [1.54, 1.807) is 5.51 Å². The van der Waals surface area contributed by atoms with Crippen molar-refractivity contribution >= 4 is 23.2 Å². The normalized spacial score (nSPS) is 21.0. The molecule has 116 valence electrons. The molecule has 21 heavy (non-hydrogen) atoms. The molecule has 0 saturated heterocycles. The van der Waals surface area contributed by atoms with Crippen LogP contribution in [-0.2, 0) is 0 Å². The lowest BCUT2D eigenvalue weighted by atomic mass is 10.4. The summed E-state index contributed by atoms with van der Waals surface area (Å²) in [7, 11) is 0. The number of aryl methyl sites for hydroxylation is 1. The molecule has 1 aliphatic rings. The Hall–Kier alpha value is -1.63. The fourth-order valence-corrected chi connectivity index (χ4v) is 2.67. The minimum atomic E-state index is -0.0704. The first-order chi connectivity index (χ1) is 10.1. The van der Waals surface area contributed by atoms with Crippen LogP contribution in [0.25, 0.3) is 0 Å². The number of carbonyl (C=O) groups excluding carboxylic acids is 1. The van der Waals surface area contributed by atoms with Crippen LogP contribution in [-0.4, -0.2) is 42.5 Å². The van der Waals surface area contributed by atoms with Crippen molar-refractivity contribution in [2.45, 2.75) is 33.2 Å². The molecular formula is C14H23N5OS. The van der Waals surface area contributed by atoms with Crippen molar-refractivity contribution in [2.24, 2.45) is 10.9 Å². The van der Waals surface area contributed by atoms with Crippen LogP contribution in [0.15, 0.2) is 10.5 Å². The molecule has 1 heterocycles. The number of carbonyl (C=O) groups is 1. The largest absolute Gasteiger partial charge is 0.357 e. The number of nitrogens with zero attached hydrogens (tertiary/aromatic N) is 2. The standard InChI is InChI=1S/C14H23N5OS/c1-4-15-14(19-11-7-9(11)2)17-6-5-16-13(20)12-10(3)18-8-21-12/h8-9,11H,4-7H2,1-3H3,(H,16,20)(H2,15,17,19). The van der Waals surface area contributed by atoms with Gasteiger partial charge in [-0.1, -0.05) is 6.92 Å². The van der Waals surface area contributed by atoms with Gasteiger partial charge in [-0.05, 0) is 26.2 Å². The number of hydrogen-bond donors (Lipinski definition) is 3. The predicted octanol–water partition coefficient (Wildman–Crippen LogP) is 1.14. The van der Waals surface area contributed by atoms with E-state index in [4.69, 9.17) is 0 Å². The maximum absolute atomic E-state index is 11.9. The van der Waals surface area contributed by atoms with Gasteiger partial charge in [0.15, 0.2) is 5.96 Å². The molecule has 0 aliphatic heterocycles. The maximum Gasteiger partial charge on any atom is 0.263 e. The monoisotopic (exact) mass is 309 g/mol. The molecular weight excluding hydrogens is 286 g/mol. The molecule has 2 unspecified atom stereocenters. The molecule has 0 bridgehead atoms. The van der Waals surface area contributed by atoms with E-state index in [9.17, 15) is 4.79 Å². The molecule has 2 rings (SSSR count). The lowest BCUT2D eigenvalue weighted by Gasteiger charge is -2.10. The summed E-state index contributed by atoms with van der Waals surface area (Å²) in [4.78, 5) is 21.1. The summed E-state index contributed by atoms with van der Waals surface area (Å²) >= 11 is 1.36. The average Bonchev–Trinajstić information content (AvgIpc) is 2.96. The molecule has 3 N–H and O–H groups in total. The quantitative estimate of drug-likeness (QED) is 0.418. The Balaban J connectivity index is 1.74. The summed E-state index contributed by atoms with van der Waals surface area (Å²) in [5.41, 5.74) is 2.46. The van der Waals surface area contributed by atoms with E-state index in [2.05, 4.69) is 32.9 Å². The van der Waals surface area contributed by atoms with E-state index in [1.807, 2.05) is 13.8 Å². The number of guanidine groups is 1. The highest BCUT2D eigenvalue weighted by Crippen LogP contribution is 2.28. The molecule has 0 spiro atoms. The molecule has 1 aromatic rings. The van der Waals surface area contributed by atoms with Gasteiger partial charge in [-0.25, -0.2) is 4.98 Å². The number of aromatic nitrogens is 1. The van der Waals surface area contributed by atoms with Crippen molar-refractivity contribution in [3.8, 4) is 0 Å². The zero-order chi connectivity index (χ0) is 15.2. The van der Waals surface area contributed by atoms with E-state index < -0.39 is 0 Å². The van der Waals surface area contributed by atoms with Crippen LogP contribution in [0.5, 0.6) is 0 Å². The number of amides is 1. The highest BCUT2D eigenvalue weighted by Gasteiger charge is 2.33. The lowest BCUT2D eigenvalue weighted by molar-refractivity contribution is 0.0958. The molecule has 0 aromatic carbocycles. The van der Waals surface area contributed by atoms with Gasteiger partial charge in [-0.15, -0.1) is 11.3 Å². The SMILES string of the molecule is CCNC(=NCCNC(=O)c1scnc1C)NC1CC1C. The van der Waals surface area contributed by atoms with Crippen LogP contribution in [0.1, 0.15) is 35.6 Å². The first-order valence-corrected chi connectivity index (χ1v) is 8.23. The molecule has 0 radical (unpaired) electrons. The van der Waals surface area contributed by atoms with Crippen LogP contribution < -0.4 is 16.0 Å². The van der Waals surface area contributed by atoms with Gasteiger partial charge < -0.3 is 16.0 Å². The Kier molecular flexibility index (Phi) is 5.55. The summed E-state index contributed by atoms with van der Waals surface area (Å²) in [6, 6.07) is 0.539. The summed E-state index contributed by atoms with van der Waals surface area (Å²) in [5, 5.41) is 9.47. The van der Waals surface area contributed by atoms with Gasteiger partial charge >= 0.3 is 0 Å². The zero-order valence-electron chi connectivity index (χ0n) is 12.8. The van der Waals surface area contributed by atoms with Crippen molar-refractivity contribution in [2.75, 3.05) is 19.6 Å². The van der Waals surface area contributed by atoms with Crippen LogP contribution in [0, 0.1) is 12.8 Å².